The van der Waals surface area contributed by atoms with Crippen molar-refractivity contribution in [3.63, 3.8) is 0 Å². The molecule has 5 aromatic rings. The summed E-state index contributed by atoms with van der Waals surface area (Å²) >= 11 is 0. The van der Waals surface area contributed by atoms with Crippen LogP contribution >= 0.6 is 0 Å². The van der Waals surface area contributed by atoms with Crippen LogP contribution in [-0.2, 0) is 23.9 Å². The molecular weight excluding hydrogens is 623 g/mol. The van der Waals surface area contributed by atoms with E-state index in [0.29, 0.717) is 56.1 Å². The van der Waals surface area contributed by atoms with Gasteiger partial charge in [0.15, 0.2) is 0 Å². The average Bonchev–Trinajstić information content (AvgIpc) is 3.63. The summed E-state index contributed by atoms with van der Waals surface area (Å²) < 4.78 is 50.0. The molecule has 0 radical (unpaired) electrons. The zero-order chi connectivity index (χ0) is 33.8. The van der Waals surface area contributed by atoms with Crippen LogP contribution in [0.15, 0.2) is 78.2 Å². The number of carbonyl (C=O) groups excluding carboxylic acids is 1. The maximum atomic E-state index is 14.2. The number of nitrogens with two attached hydrogens (primary N) is 1. The number of ether oxygens (including phenoxy) is 1. The molecule has 1 amide bonds. The molecule has 6 rings (SSSR count). The van der Waals surface area contributed by atoms with Crippen LogP contribution in [-0.4, -0.2) is 69.3 Å². The zero-order valence-electron chi connectivity index (χ0n) is 26.5. The lowest BCUT2D eigenvalue weighted by Crippen LogP contribution is -2.39. The molecule has 1 aliphatic rings. The first-order chi connectivity index (χ1) is 23.1. The molecule has 0 saturated carbocycles. The molecular formula is C35H36F3N7O3. The number of benzene rings is 2. The van der Waals surface area contributed by atoms with Crippen molar-refractivity contribution in [2.75, 3.05) is 44.7 Å². The first kappa shape index (κ1) is 33.1. The Bertz CT molecular complexity index is 1980. The van der Waals surface area contributed by atoms with Crippen LogP contribution in [0, 0.1) is 6.92 Å². The SMILES string of the molecule is Cc1ccc(NC(=O)c2cc(-n3ccnc3)cc(C(F)(F)F)c2)cc1-c1cc2cnc(CCCN)cc2n(CCN2CCOCC2)c1=O. The topological polar surface area (TPSA) is 120 Å². The van der Waals surface area contributed by atoms with Crippen LogP contribution in [0.25, 0.3) is 27.7 Å². The number of fused-ring (bicyclic) bond motifs is 1. The van der Waals surface area contributed by atoms with Crippen molar-refractivity contribution in [2.24, 2.45) is 5.73 Å². The van der Waals surface area contributed by atoms with Crippen molar-refractivity contribution in [3.8, 4) is 16.8 Å². The fraction of sp³-hybridized carbons (Fsp3) is 0.314. The highest BCUT2D eigenvalue weighted by molar-refractivity contribution is 6.05. The smallest absolute Gasteiger partial charge is 0.379 e. The van der Waals surface area contributed by atoms with Crippen molar-refractivity contribution < 1.29 is 22.7 Å². The van der Waals surface area contributed by atoms with Crippen LogP contribution in [0.5, 0.6) is 0 Å². The number of aryl methyl sites for hydroxylation is 2. The van der Waals surface area contributed by atoms with Gasteiger partial charge in [0, 0.05) is 78.4 Å². The van der Waals surface area contributed by atoms with E-state index in [-0.39, 0.29) is 16.8 Å². The molecule has 1 fully saturated rings. The van der Waals surface area contributed by atoms with E-state index in [1.807, 2.05) is 13.0 Å². The molecule has 0 bridgehead atoms. The van der Waals surface area contributed by atoms with Gasteiger partial charge in [-0.3, -0.25) is 19.5 Å². The van der Waals surface area contributed by atoms with E-state index in [9.17, 15) is 22.8 Å². The van der Waals surface area contributed by atoms with Gasteiger partial charge in [0.25, 0.3) is 11.5 Å². The normalized spacial score (nSPS) is 14.0. The van der Waals surface area contributed by atoms with Gasteiger partial charge >= 0.3 is 6.18 Å². The quantitative estimate of drug-likeness (QED) is 0.215. The molecule has 0 spiro atoms. The van der Waals surface area contributed by atoms with Crippen molar-refractivity contribution in [2.45, 2.75) is 32.5 Å². The van der Waals surface area contributed by atoms with Crippen LogP contribution in [0.3, 0.4) is 0 Å². The molecule has 0 unspecified atom stereocenters. The van der Waals surface area contributed by atoms with Gasteiger partial charge in [-0.25, -0.2) is 4.98 Å². The number of hydrogen-bond donors (Lipinski definition) is 2. The van der Waals surface area contributed by atoms with Gasteiger partial charge in [-0.2, -0.15) is 13.2 Å². The summed E-state index contributed by atoms with van der Waals surface area (Å²) in [7, 11) is 0. The van der Waals surface area contributed by atoms with E-state index in [1.54, 1.807) is 35.0 Å². The van der Waals surface area contributed by atoms with Crippen LogP contribution in [0.4, 0.5) is 18.9 Å². The summed E-state index contributed by atoms with van der Waals surface area (Å²) in [5.41, 5.74) is 8.31. The number of amides is 1. The summed E-state index contributed by atoms with van der Waals surface area (Å²) in [6, 6.07) is 12.0. The lowest BCUT2D eigenvalue weighted by atomic mass is 9.99. The lowest BCUT2D eigenvalue weighted by Gasteiger charge is -2.27. The summed E-state index contributed by atoms with van der Waals surface area (Å²) in [5, 5.41) is 3.52. The van der Waals surface area contributed by atoms with E-state index in [2.05, 4.69) is 20.2 Å². The van der Waals surface area contributed by atoms with Gasteiger partial charge in [0.05, 0.1) is 30.6 Å². The second kappa shape index (κ2) is 14.1. The first-order valence-corrected chi connectivity index (χ1v) is 15.8. The Morgan fingerprint density at radius 3 is 2.58 bits per heavy atom. The summed E-state index contributed by atoms with van der Waals surface area (Å²) in [6.07, 6.45) is 2.87. The number of imidazole rings is 1. The van der Waals surface area contributed by atoms with Crippen molar-refractivity contribution in [1.82, 2.24) is 24.0 Å². The van der Waals surface area contributed by atoms with Gasteiger partial charge in [0.1, 0.15) is 0 Å². The van der Waals surface area contributed by atoms with Crippen LogP contribution in [0.2, 0.25) is 0 Å². The zero-order valence-corrected chi connectivity index (χ0v) is 26.5. The van der Waals surface area contributed by atoms with Crippen molar-refractivity contribution in [1.29, 1.82) is 0 Å². The Morgan fingerprint density at radius 1 is 1.04 bits per heavy atom. The van der Waals surface area contributed by atoms with E-state index < -0.39 is 17.6 Å². The number of halogens is 3. The van der Waals surface area contributed by atoms with Gasteiger partial charge < -0.3 is 24.9 Å². The highest BCUT2D eigenvalue weighted by atomic mass is 19.4. The average molecular weight is 660 g/mol. The number of pyridine rings is 2. The van der Waals surface area contributed by atoms with E-state index in [0.717, 1.165) is 53.8 Å². The Labute approximate surface area is 275 Å². The first-order valence-electron chi connectivity index (χ1n) is 15.8. The third kappa shape index (κ3) is 7.33. The van der Waals surface area contributed by atoms with Crippen LogP contribution < -0.4 is 16.6 Å². The highest BCUT2D eigenvalue weighted by Gasteiger charge is 2.32. The summed E-state index contributed by atoms with van der Waals surface area (Å²) in [4.78, 5) is 38.4. The van der Waals surface area contributed by atoms with E-state index >= 15 is 0 Å². The third-order valence-electron chi connectivity index (χ3n) is 8.51. The number of anilines is 1. The minimum atomic E-state index is -4.67. The molecule has 10 nitrogen and oxygen atoms in total. The van der Waals surface area contributed by atoms with E-state index in [4.69, 9.17) is 10.5 Å². The molecule has 2 aromatic carbocycles. The highest BCUT2D eigenvalue weighted by Crippen LogP contribution is 2.32. The molecule has 250 valence electrons. The number of alkyl halides is 3. The molecule has 0 aliphatic carbocycles. The van der Waals surface area contributed by atoms with Crippen molar-refractivity contribution >= 4 is 22.5 Å². The molecule has 1 saturated heterocycles. The predicted octanol–water partition coefficient (Wildman–Crippen LogP) is 5.05. The maximum absolute atomic E-state index is 14.2. The maximum Gasteiger partial charge on any atom is 0.416 e. The number of rotatable bonds is 10. The standard InChI is InChI=1S/C35H36F3N7O3/c1-23-4-5-28(42-33(46)24-15-26(35(36,37)38)18-29(16-24)44-8-7-40-22-44)19-30(23)31-17-25-21-41-27(3-2-6-39)20-32(25)45(34(31)47)10-9-43-11-13-48-14-12-43/h4-5,7-8,15-22H,2-3,6,9-14,39H2,1H3,(H,42,46). The third-order valence-corrected chi connectivity index (χ3v) is 8.51. The van der Waals surface area contributed by atoms with Gasteiger partial charge in [-0.1, -0.05) is 6.07 Å². The molecule has 0 atom stereocenters. The predicted molar refractivity (Wildman–Crippen MR) is 177 cm³/mol. The van der Waals surface area contributed by atoms with E-state index in [1.165, 1.54) is 29.4 Å². The van der Waals surface area contributed by atoms with Gasteiger partial charge in [-0.05, 0) is 79.9 Å². The number of nitrogens with zero attached hydrogens (tertiary/aromatic N) is 5. The van der Waals surface area contributed by atoms with Gasteiger partial charge in [-0.15, -0.1) is 0 Å². The number of carbonyl (C=O) groups is 1. The molecule has 48 heavy (non-hydrogen) atoms. The van der Waals surface area contributed by atoms with Crippen LogP contribution in [0.1, 0.15) is 33.6 Å². The second-order valence-corrected chi connectivity index (χ2v) is 11.8. The molecule has 3 N–H and O–H groups in total. The fourth-order valence-electron chi connectivity index (χ4n) is 5.88. The second-order valence-electron chi connectivity index (χ2n) is 11.8. The minimum Gasteiger partial charge on any atom is -0.379 e. The Hall–Kier alpha value is -4.85. The molecule has 4 heterocycles. The fourth-order valence-corrected chi connectivity index (χ4v) is 5.88. The number of morpholine rings is 1. The van der Waals surface area contributed by atoms with Gasteiger partial charge in [0.2, 0.25) is 0 Å². The lowest BCUT2D eigenvalue weighted by molar-refractivity contribution is -0.137. The molecule has 3 aromatic heterocycles. The molecule has 13 heteroatoms. The summed E-state index contributed by atoms with van der Waals surface area (Å²) in [6.45, 7) is 6.37. The largest absolute Gasteiger partial charge is 0.416 e. The minimum absolute atomic E-state index is 0.144. The number of aromatic nitrogens is 4. The monoisotopic (exact) mass is 659 g/mol. The molecule has 1 aliphatic heterocycles. The number of nitrogens with one attached hydrogen (secondary N) is 1. The Morgan fingerprint density at radius 2 is 1.85 bits per heavy atom. The van der Waals surface area contributed by atoms with Crippen molar-refractivity contribution in [3.05, 3.63) is 106 Å². The Kier molecular flexibility index (Phi) is 9.71. The number of hydrogen-bond acceptors (Lipinski definition) is 7. The summed E-state index contributed by atoms with van der Waals surface area (Å²) in [5.74, 6) is -0.729. The Balaban J connectivity index is 1.36.